The Balaban J connectivity index is 1.54. The number of thiocarbonyl (C=S) groups is 1. The van der Waals surface area contributed by atoms with Crippen molar-refractivity contribution in [1.82, 2.24) is 4.90 Å². The minimum Gasteiger partial charge on any atom is -0.488 e. The number of carbonyl (C=O) groups is 1. The first kappa shape index (κ1) is 24.2. The fourth-order valence-electron chi connectivity index (χ4n) is 3.10. The first-order valence-corrected chi connectivity index (χ1v) is 12.4. The van der Waals surface area contributed by atoms with Crippen LogP contribution in [0.5, 0.6) is 5.75 Å². The smallest absolute Gasteiger partial charge is 0.266 e. The lowest BCUT2D eigenvalue weighted by Crippen LogP contribution is -2.27. The van der Waals surface area contributed by atoms with Gasteiger partial charge in [-0.25, -0.2) is 4.39 Å². The second kappa shape index (κ2) is 10.6. The quantitative estimate of drug-likeness (QED) is 0.218. The summed E-state index contributed by atoms with van der Waals surface area (Å²) in [4.78, 5) is 15.0. The molecule has 33 heavy (non-hydrogen) atoms. The van der Waals surface area contributed by atoms with Crippen molar-refractivity contribution in [1.29, 1.82) is 0 Å². The lowest BCUT2D eigenvalue weighted by molar-refractivity contribution is -0.122. The number of benzene rings is 3. The standard InChI is InChI=1S/C24H15BrCl2FNO2S2/c25-17-4-8-21(31-13-15-3-7-19(26)20(27)9-15)16(10-17)11-22-23(30)29(24(32)33-22)12-14-1-5-18(28)6-2-14/h1-11H,12-13H2/b22-11-. The predicted molar refractivity (Wildman–Crippen MR) is 140 cm³/mol. The molecular weight excluding hydrogens is 568 g/mol. The summed E-state index contributed by atoms with van der Waals surface area (Å²) in [6, 6.07) is 16.9. The van der Waals surface area contributed by atoms with Crippen LogP contribution in [0.15, 0.2) is 70.0 Å². The molecule has 0 unspecified atom stereocenters. The van der Waals surface area contributed by atoms with Gasteiger partial charge in [-0.05, 0) is 59.7 Å². The summed E-state index contributed by atoms with van der Waals surface area (Å²) in [6.07, 6.45) is 1.76. The Morgan fingerprint density at radius 3 is 2.48 bits per heavy atom. The molecule has 1 amide bonds. The van der Waals surface area contributed by atoms with Gasteiger partial charge in [-0.1, -0.05) is 81.3 Å². The monoisotopic (exact) mass is 581 g/mol. The second-order valence-corrected chi connectivity index (χ2v) is 10.5. The lowest BCUT2D eigenvalue weighted by atomic mass is 10.1. The van der Waals surface area contributed by atoms with Gasteiger partial charge in [0.05, 0.1) is 21.5 Å². The van der Waals surface area contributed by atoms with Gasteiger partial charge >= 0.3 is 0 Å². The second-order valence-electron chi connectivity index (χ2n) is 7.11. The van der Waals surface area contributed by atoms with Crippen LogP contribution < -0.4 is 4.74 Å². The minimum absolute atomic E-state index is 0.204. The van der Waals surface area contributed by atoms with Crippen molar-refractivity contribution >= 4 is 79.4 Å². The third-order valence-corrected chi connectivity index (χ3v) is 7.37. The molecule has 1 aliphatic heterocycles. The molecule has 0 spiro atoms. The molecule has 1 fully saturated rings. The van der Waals surface area contributed by atoms with Crippen LogP contribution in [0.1, 0.15) is 16.7 Å². The predicted octanol–water partition coefficient (Wildman–Crippen LogP) is 7.88. The molecule has 1 heterocycles. The molecule has 0 aromatic heterocycles. The lowest BCUT2D eigenvalue weighted by Gasteiger charge is -2.14. The Bertz CT molecular complexity index is 1270. The highest BCUT2D eigenvalue weighted by Crippen LogP contribution is 2.36. The third-order valence-electron chi connectivity index (χ3n) is 4.76. The molecule has 0 bridgehead atoms. The molecule has 3 aromatic rings. The summed E-state index contributed by atoms with van der Waals surface area (Å²) in [5, 5.41) is 0.936. The summed E-state index contributed by atoms with van der Waals surface area (Å²) >= 11 is 22.2. The van der Waals surface area contributed by atoms with E-state index in [0.717, 1.165) is 21.2 Å². The number of hydrogen-bond donors (Lipinski definition) is 0. The van der Waals surface area contributed by atoms with Gasteiger partial charge < -0.3 is 4.74 Å². The van der Waals surface area contributed by atoms with Gasteiger partial charge in [0.1, 0.15) is 22.5 Å². The van der Waals surface area contributed by atoms with Crippen molar-refractivity contribution in [2.75, 3.05) is 0 Å². The number of carbonyl (C=O) groups excluding carboxylic acids is 1. The molecule has 1 aliphatic rings. The Hall–Kier alpha value is -1.90. The van der Waals surface area contributed by atoms with Crippen molar-refractivity contribution in [3.05, 3.63) is 103 Å². The van der Waals surface area contributed by atoms with E-state index in [1.54, 1.807) is 30.3 Å². The highest BCUT2D eigenvalue weighted by Gasteiger charge is 2.32. The van der Waals surface area contributed by atoms with E-state index < -0.39 is 0 Å². The van der Waals surface area contributed by atoms with Crippen molar-refractivity contribution in [3.8, 4) is 5.75 Å². The molecule has 9 heteroatoms. The first-order valence-electron chi connectivity index (χ1n) is 9.66. The Kier molecular flexibility index (Phi) is 7.76. The minimum atomic E-state index is -0.327. The summed E-state index contributed by atoms with van der Waals surface area (Å²) < 4.78 is 20.5. The van der Waals surface area contributed by atoms with Crippen LogP contribution >= 0.6 is 63.1 Å². The molecule has 0 radical (unpaired) electrons. The van der Waals surface area contributed by atoms with Crippen LogP contribution in [0.2, 0.25) is 10.0 Å². The average Bonchev–Trinajstić information content (AvgIpc) is 3.04. The molecule has 0 N–H and O–H groups in total. The van der Waals surface area contributed by atoms with E-state index in [2.05, 4.69) is 15.9 Å². The summed E-state index contributed by atoms with van der Waals surface area (Å²) in [5.41, 5.74) is 2.39. The van der Waals surface area contributed by atoms with E-state index in [4.69, 9.17) is 40.2 Å². The number of ether oxygens (including phenoxy) is 1. The van der Waals surface area contributed by atoms with Crippen LogP contribution in [0.25, 0.3) is 6.08 Å². The molecular formula is C24H15BrCl2FNO2S2. The number of nitrogens with zero attached hydrogens (tertiary/aromatic N) is 1. The van der Waals surface area contributed by atoms with Crippen LogP contribution in [0, 0.1) is 5.82 Å². The zero-order chi connectivity index (χ0) is 23.5. The molecule has 168 valence electrons. The largest absolute Gasteiger partial charge is 0.488 e. The summed E-state index contributed by atoms with van der Waals surface area (Å²) in [7, 11) is 0. The van der Waals surface area contributed by atoms with Crippen molar-refractivity contribution in [2.45, 2.75) is 13.2 Å². The SMILES string of the molecule is O=C1/C(=C/c2cc(Br)ccc2OCc2ccc(Cl)c(Cl)c2)SC(=S)N1Cc1ccc(F)cc1. The molecule has 3 aromatic carbocycles. The maximum atomic E-state index is 13.2. The Morgan fingerprint density at radius 1 is 1.03 bits per heavy atom. The molecule has 3 nitrogen and oxygen atoms in total. The van der Waals surface area contributed by atoms with E-state index in [1.165, 1.54) is 28.8 Å². The van der Waals surface area contributed by atoms with Gasteiger partial charge in [-0.2, -0.15) is 0 Å². The Morgan fingerprint density at radius 2 is 1.76 bits per heavy atom. The zero-order valence-corrected chi connectivity index (χ0v) is 21.6. The number of thioether (sulfide) groups is 1. The van der Waals surface area contributed by atoms with Crippen LogP contribution in [-0.4, -0.2) is 15.1 Å². The molecule has 0 atom stereocenters. The van der Waals surface area contributed by atoms with E-state index in [1.807, 2.05) is 24.3 Å². The van der Waals surface area contributed by atoms with Crippen LogP contribution in [0.3, 0.4) is 0 Å². The van der Waals surface area contributed by atoms with Gasteiger partial charge in [0, 0.05) is 10.0 Å². The van der Waals surface area contributed by atoms with Crippen LogP contribution in [-0.2, 0) is 17.9 Å². The van der Waals surface area contributed by atoms with E-state index in [9.17, 15) is 9.18 Å². The van der Waals surface area contributed by atoms with Gasteiger partial charge in [0.25, 0.3) is 5.91 Å². The van der Waals surface area contributed by atoms with Gasteiger partial charge in [-0.15, -0.1) is 0 Å². The fraction of sp³-hybridized carbons (Fsp3) is 0.0833. The molecule has 0 saturated carbocycles. The van der Waals surface area contributed by atoms with Crippen molar-refractivity contribution in [3.63, 3.8) is 0 Å². The molecule has 1 saturated heterocycles. The van der Waals surface area contributed by atoms with E-state index in [0.29, 0.717) is 25.0 Å². The van der Waals surface area contributed by atoms with E-state index >= 15 is 0 Å². The van der Waals surface area contributed by atoms with E-state index in [-0.39, 0.29) is 24.9 Å². The fourth-order valence-corrected chi connectivity index (χ4v) is 5.05. The molecule has 0 aliphatic carbocycles. The maximum Gasteiger partial charge on any atom is 0.266 e. The summed E-state index contributed by atoms with van der Waals surface area (Å²) in [6.45, 7) is 0.562. The normalized spacial score (nSPS) is 14.9. The van der Waals surface area contributed by atoms with Gasteiger partial charge in [0.15, 0.2) is 0 Å². The Labute approximate surface area is 218 Å². The maximum absolute atomic E-state index is 13.2. The highest BCUT2D eigenvalue weighted by molar-refractivity contribution is 9.10. The number of hydrogen-bond acceptors (Lipinski definition) is 4. The topological polar surface area (TPSA) is 29.5 Å². The number of halogens is 4. The summed E-state index contributed by atoms with van der Waals surface area (Å²) in [5.74, 6) is 0.0740. The number of amides is 1. The van der Waals surface area contributed by atoms with Crippen molar-refractivity contribution < 1.29 is 13.9 Å². The van der Waals surface area contributed by atoms with Crippen molar-refractivity contribution in [2.24, 2.45) is 0 Å². The molecule has 4 rings (SSSR count). The first-order chi connectivity index (χ1) is 15.8. The third kappa shape index (κ3) is 5.97. The zero-order valence-electron chi connectivity index (χ0n) is 16.9. The van der Waals surface area contributed by atoms with Gasteiger partial charge in [-0.3, -0.25) is 9.69 Å². The number of rotatable bonds is 6. The highest BCUT2D eigenvalue weighted by atomic mass is 79.9. The van der Waals surface area contributed by atoms with Crippen LogP contribution in [0.4, 0.5) is 4.39 Å². The van der Waals surface area contributed by atoms with Gasteiger partial charge in [0.2, 0.25) is 0 Å². The average molecular weight is 583 g/mol.